The first-order chi connectivity index (χ1) is 7.10. The Kier molecular flexibility index (Phi) is 4.03. The van der Waals surface area contributed by atoms with Gasteiger partial charge in [0.25, 0.3) is 0 Å². The molecule has 0 unspecified atom stereocenters. The van der Waals surface area contributed by atoms with Crippen LogP contribution < -0.4 is 0 Å². The summed E-state index contributed by atoms with van der Waals surface area (Å²) in [6.45, 7) is 1.88. The molecule has 0 aliphatic heterocycles. The highest BCUT2D eigenvalue weighted by atomic mass is 127. The van der Waals surface area contributed by atoms with E-state index >= 15 is 0 Å². The number of carbonyl (C=O) groups excluding carboxylic acids is 1. The molecule has 0 atom stereocenters. The summed E-state index contributed by atoms with van der Waals surface area (Å²) in [6, 6.07) is 3.98. The van der Waals surface area contributed by atoms with Gasteiger partial charge in [-0.1, -0.05) is 0 Å². The molecule has 0 bridgehead atoms. The molecule has 15 heavy (non-hydrogen) atoms. The van der Waals surface area contributed by atoms with Crippen LogP contribution in [0.4, 0.5) is 4.39 Å². The molecule has 0 spiro atoms. The third-order valence-corrected chi connectivity index (χ3v) is 2.82. The average molecular weight is 319 g/mol. The van der Waals surface area contributed by atoms with Gasteiger partial charge in [-0.15, -0.1) is 0 Å². The average Bonchev–Trinajstić information content (AvgIpc) is 2.21. The molecule has 1 aromatic carbocycles. The number of nitrogens with zero attached hydrogens (tertiary/aromatic N) is 1. The molecule has 5 heteroatoms. The van der Waals surface area contributed by atoms with Crippen LogP contribution in [0.2, 0.25) is 0 Å². The van der Waals surface area contributed by atoms with Crippen molar-refractivity contribution >= 4 is 28.6 Å². The van der Waals surface area contributed by atoms with Crippen LogP contribution in [0.5, 0.6) is 0 Å². The van der Waals surface area contributed by atoms with Crippen molar-refractivity contribution in [2.24, 2.45) is 0 Å². The maximum Gasteiger partial charge on any atom is 0.339 e. The van der Waals surface area contributed by atoms with Gasteiger partial charge in [-0.05, 0) is 41.6 Å². The van der Waals surface area contributed by atoms with E-state index in [9.17, 15) is 9.18 Å². The van der Waals surface area contributed by atoms with E-state index in [4.69, 9.17) is 10.00 Å². The minimum atomic E-state index is -0.616. The topological polar surface area (TPSA) is 50.1 Å². The van der Waals surface area contributed by atoms with Gasteiger partial charge in [0.05, 0.1) is 17.7 Å². The zero-order valence-electron chi connectivity index (χ0n) is 7.88. The highest BCUT2D eigenvalue weighted by molar-refractivity contribution is 14.1. The Morgan fingerprint density at radius 1 is 1.67 bits per heavy atom. The smallest absolute Gasteiger partial charge is 0.339 e. The first-order valence-electron chi connectivity index (χ1n) is 4.16. The van der Waals surface area contributed by atoms with Crippen molar-refractivity contribution in [3.8, 4) is 6.07 Å². The largest absolute Gasteiger partial charge is 0.462 e. The molecule has 1 aromatic rings. The Labute approximate surface area is 100.0 Å². The van der Waals surface area contributed by atoms with Gasteiger partial charge < -0.3 is 4.74 Å². The predicted octanol–water partition coefficient (Wildman–Crippen LogP) is 2.48. The SMILES string of the molecule is CCOC(=O)c1cc(F)cc(C#N)c1I. The first-order valence-corrected chi connectivity index (χ1v) is 5.24. The summed E-state index contributed by atoms with van der Waals surface area (Å²) < 4.78 is 18.2. The molecule has 78 valence electrons. The van der Waals surface area contributed by atoms with Gasteiger partial charge in [0.1, 0.15) is 11.9 Å². The van der Waals surface area contributed by atoms with Gasteiger partial charge >= 0.3 is 5.97 Å². The molecule has 0 fully saturated rings. The summed E-state index contributed by atoms with van der Waals surface area (Å²) in [5.41, 5.74) is 0.229. The second kappa shape index (κ2) is 5.07. The summed E-state index contributed by atoms with van der Waals surface area (Å²) in [6.07, 6.45) is 0. The lowest BCUT2D eigenvalue weighted by molar-refractivity contribution is 0.0524. The Morgan fingerprint density at radius 3 is 2.87 bits per heavy atom. The molecule has 0 aliphatic carbocycles. The van der Waals surface area contributed by atoms with Crippen molar-refractivity contribution in [2.75, 3.05) is 6.61 Å². The molecular formula is C10H7FINO2. The standard InChI is InChI=1S/C10H7FINO2/c1-2-15-10(14)8-4-7(11)3-6(5-13)9(8)12/h3-4H,2H2,1H3. The summed E-state index contributed by atoms with van der Waals surface area (Å²) in [4.78, 5) is 11.4. The van der Waals surface area contributed by atoms with Crippen LogP contribution in [-0.2, 0) is 4.74 Å². The first kappa shape index (κ1) is 11.9. The summed E-state index contributed by atoms with van der Waals surface area (Å²) in [7, 11) is 0. The van der Waals surface area contributed by atoms with E-state index in [2.05, 4.69) is 0 Å². The van der Waals surface area contributed by atoms with Crippen molar-refractivity contribution in [3.63, 3.8) is 0 Å². The monoisotopic (exact) mass is 319 g/mol. The van der Waals surface area contributed by atoms with Gasteiger partial charge in [0.2, 0.25) is 0 Å². The van der Waals surface area contributed by atoms with Crippen LogP contribution in [-0.4, -0.2) is 12.6 Å². The summed E-state index contributed by atoms with van der Waals surface area (Å²) in [5, 5.41) is 8.71. The summed E-state index contributed by atoms with van der Waals surface area (Å²) in [5.74, 6) is -1.23. The van der Waals surface area contributed by atoms with Crippen LogP contribution >= 0.6 is 22.6 Å². The van der Waals surface area contributed by atoms with Crippen LogP contribution in [0.1, 0.15) is 22.8 Å². The van der Waals surface area contributed by atoms with E-state index in [0.29, 0.717) is 3.57 Å². The number of halogens is 2. The van der Waals surface area contributed by atoms with Crippen LogP contribution in [0.3, 0.4) is 0 Å². The number of hydrogen-bond donors (Lipinski definition) is 0. The fraction of sp³-hybridized carbons (Fsp3) is 0.200. The van der Waals surface area contributed by atoms with Crippen molar-refractivity contribution in [1.82, 2.24) is 0 Å². The molecule has 0 saturated heterocycles. The van der Waals surface area contributed by atoms with Crippen molar-refractivity contribution in [3.05, 3.63) is 32.6 Å². The Balaban J connectivity index is 3.24. The Morgan fingerprint density at radius 2 is 2.33 bits per heavy atom. The molecule has 0 saturated carbocycles. The predicted molar refractivity (Wildman–Crippen MR) is 59.8 cm³/mol. The number of esters is 1. The highest BCUT2D eigenvalue weighted by Gasteiger charge is 2.15. The fourth-order valence-corrected chi connectivity index (χ4v) is 1.68. The van der Waals surface area contributed by atoms with E-state index in [-0.39, 0.29) is 17.7 Å². The molecule has 0 aromatic heterocycles. The quantitative estimate of drug-likeness (QED) is 0.622. The van der Waals surface area contributed by atoms with E-state index in [1.807, 2.05) is 28.7 Å². The molecule has 3 nitrogen and oxygen atoms in total. The molecule has 0 N–H and O–H groups in total. The third kappa shape index (κ3) is 2.65. The fourth-order valence-electron chi connectivity index (χ4n) is 1.03. The van der Waals surface area contributed by atoms with Gasteiger partial charge in [-0.25, -0.2) is 9.18 Å². The van der Waals surface area contributed by atoms with E-state index < -0.39 is 11.8 Å². The molecule has 0 heterocycles. The third-order valence-electron chi connectivity index (χ3n) is 1.65. The highest BCUT2D eigenvalue weighted by Crippen LogP contribution is 2.19. The Bertz CT molecular complexity index is 440. The number of hydrogen-bond acceptors (Lipinski definition) is 3. The van der Waals surface area contributed by atoms with Crippen molar-refractivity contribution in [2.45, 2.75) is 6.92 Å². The number of nitriles is 1. The van der Waals surface area contributed by atoms with E-state index in [1.54, 1.807) is 6.92 Å². The second-order valence-corrected chi connectivity index (χ2v) is 3.73. The van der Waals surface area contributed by atoms with Crippen LogP contribution in [0, 0.1) is 20.7 Å². The molecule has 0 aliphatic rings. The van der Waals surface area contributed by atoms with Gasteiger partial charge in [-0.3, -0.25) is 0 Å². The lowest BCUT2D eigenvalue weighted by atomic mass is 10.1. The van der Waals surface area contributed by atoms with Crippen LogP contribution in [0.25, 0.3) is 0 Å². The van der Waals surface area contributed by atoms with E-state index in [0.717, 1.165) is 12.1 Å². The zero-order chi connectivity index (χ0) is 11.4. The number of rotatable bonds is 2. The van der Waals surface area contributed by atoms with Crippen molar-refractivity contribution in [1.29, 1.82) is 5.26 Å². The number of benzene rings is 1. The van der Waals surface area contributed by atoms with Gasteiger partial charge in [0, 0.05) is 3.57 Å². The second-order valence-electron chi connectivity index (χ2n) is 2.65. The number of carbonyl (C=O) groups is 1. The maximum absolute atomic E-state index is 13.0. The number of ether oxygens (including phenoxy) is 1. The van der Waals surface area contributed by atoms with Gasteiger partial charge in [0.15, 0.2) is 0 Å². The van der Waals surface area contributed by atoms with Gasteiger partial charge in [-0.2, -0.15) is 5.26 Å². The minimum Gasteiger partial charge on any atom is -0.462 e. The lowest BCUT2D eigenvalue weighted by Crippen LogP contribution is -2.08. The minimum absolute atomic E-state index is 0.0917. The zero-order valence-corrected chi connectivity index (χ0v) is 10.0. The maximum atomic E-state index is 13.0. The molecule has 0 radical (unpaired) electrons. The normalized spacial score (nSPS) is 9.47. The molecule has 1 rings (SSSR count). The lowest BCUT2D eigenvalue weighted by Gasteiger charge is -2.05. The summed E-state index contributed by atoms with van der Waals surface area (Å²) >= 11 is 1.82. The Hall–Kier alpha value is -1.16. The van der Waals surface area contributed by atoms with E-state index in [1.165, 1.54) is 0 Å². The molecule has 0 amide bonds. The van der Waals surface area contributed by atoms with Crippen molar-refractivity contribution < 1.29 is 13.9 Å². The van der Waals surface area contributed by atoms with Crippen LogP contribution in [0.15, 0.2) is 12.1 Å². The molecular weight excluding hydrogens is 312 g/mol.